The first-order chi connectivity index (χ1) is 10.6. The van der Waals surface area contributed by atoms with E-state index in [1.165, 1.54) is 4.68 Å². The van der Waals surface area contributed by atoms with E-state index >= 15 is 0 Å². The van der Waals surface area contributed by atoms with E-state index in [9.17, 15) is 4.79 Å². The van der Waals surface area contributed by atoms with Crippen LogP contribution in [0.15, 0.2) is 12.1 Å². The molecule has 2 rings (SSSR count). The summed E-state index contributed by atoms with van der Waals surface area (Å²) in [5.41, 5.74) is 2.03. The van der Waals surface area contributed by atoms with Gasteiger partial charge in [-0.15, -0.1) is 0 Å². The van der Waals surface area contributed by atoms with E-state index in [2.05, 4.69) is 5.10 Å². The van der Waals surface area contributed by atoms with Gasteiger partial charge in [0.2, 0.25) is 0 Å². The van der Waals surface area contributed by atoms with Crippen molar-refractivity contribution in [1.82, 2.24) is 9.78 Å². The summed E-state index contributed by atoms with van der Waals surface area (Å²) < 4.78 is 12.6. The van der Waals surface area contributed by atoms with E-state index in [1.807, 2.05) is 60.6 Å². The highest BCUT2D eigenvalue weighted by Gasteiger charge is 2.23. The lowest BCUT2D eigenvalue weighted by molar-refractivity contribution is 0.0521. The highest BCUT2D eigenvalue weighted by molar-refractivity contribution is 5.93. The highest BCUT2D eigenvalue weighted by Crippen LogP contribution is 2.29. The fourth-order valence-corrected chi connectivity index (χ4v) is 2.51. The molecule has 0 saturated heterocycles. The normalized spacial score (nSPS) is 12.0. The molecule has 23 heavy (non-hydrogen) atoms. The Bertz CT molecular complexity index is 724. The summed E-state index contributed by atoms with van der Waals surface area (Å²) in [7, 11) is 0. The molecule has 1 aromatic heterocycles. The fraction of sp³-hybridized carbons (Fsp3) is 0.556. The van der Waals surface area contributed by atoms with Crippen molar-refractivity contribution in [1.29, 1.82) is 0 Å². The van der Waals surface area contributed by atoms with Gasteiger partial charge in [-0.3, -0.25) is 0 Å². The van der Waals surface area contributed by atoms with E-state index < -0.39 is 11.7 Å². The van der Waals surface area contributed by atoms with E-state index in [1.54, 1.807) is 0 Å². The summed E-state index contributed by atoms with van der Waals surface area (Å²) in [6, 6.07) is 3.89. The second kappa shape index (κ2) is 6.22. The second-order valence-corrected chi connectivity index (χ2v) is 7.00. The maximum atomic E-state index is 12.5. The van der Waals surface area contributed by atoms with Crippen molar-refractivity contribution in [2.75, 3.05) is 0 Å². The van der Waals surface area contributed by atoms with Gasteiger partial charge in [-0.25, -0.2) is 4.79 Å². The number of carbonyl (C=O) groups excluding carboxylic acids is 1. The van der Waals surface area contributed by atoms with Crippen LogP contribution in [-0.4, -0.2) is 27.6 Å². The SMILES string of the molecule is CCc1nn(C(=O)OC(C)(C)C)c2c(C)cc(OC(C)C)cc12. The summed E-state index contributed by atoms with van der Waals surface area (Å²) in [5.74, 6) is 0.795. The standard InChI is InChI=1S/C18H26N2O3/c1-8-15-14-10-13(22-11(2)3)9-12(4)16(14)20(19-15)17(21)23-18(5,6)7/h9-11H,8H2,1-7H3. The molecule has 1 heterocycles. The number of fused-ring (bicyclic) bond motifs is 1. The van der Waals surface area contributed by atoms with Gasteiger partial charge in [0, 0.05) is 5.39 Å². The summed E-state index contributed by atoms with van der Waals surface area (Å²) >= 11 is 0. The fourth-order valence-electron chi connectivity index (χ4n) is 2.51. The van der Waals surface area contributed by atoms with Gasteiger partial charge in [0.25, 0.3) is 0 Å². The summed E-state index contributed by atoms with van der Waals surface area (Å²) in [5, 5.41) is 5.40. The van der Waals surface area contributed by atoms with Crippen LogP contribution in [-0.2, 0) is 11.2 Å². The highest BCUT2D eigenvalue weighted by atomic mass is 16.6. The number of aryl methyl sites for hydroxylation is 2. The molecule has 0 saturated carbocycles. The molecular formula is C18H26N2O3. The first-order valence-corrected chi connectivity index (χ1v) is 8.04. The van der Waals surface area contributed by atoms with Gasteiger partial charge in [0.05, 0.1) is 17.3 Å². The van der Waals surface area contributed by atoms with E-state index in [4.69, 9.17) is 9.47 Å². The molecule has 126 valence electrons. The molecule has 0 bridgehead atoms. The van der Waals surface area contributed by atoms with Crippen LogP contribution >= 0.6 is 0 Å². The van der Waals surface area contributed by atoms with Crippen LogP contribution in [0, 0.1) is 6.92 Å². The Morgan fingerprint density at radius 1 is 1.30 bits per heavy atom. The lowest BCUT2D eigenvalue weighted by Gasteiger charge is -2.19. The monoisotopic (exact) mass is 318 g/mol. The third-order valence-electron chi connectivity index (χ3n) is 3.29. The molecule has 0 aliphatic rings. The van der Waals surface area contributed by atoms with Gasteiger partial charge < -0.3 is 9.47 Å². The molecule has 0 aliphatic carbocycles. The molecule has 0 spiro atoms. The van der Waals surface area contributed by atoms with Crippen LogP contribution in [0.25, 0.3) is 10.9 Å². The quantitative estimate of drug-likeness (QED) is 0.837. The Morgan fingerprint density at radius 3 is 2.48 bits per heavy atom. The third-order valence-corrected chi connectivity index (χ3v) is 3.29. The zero-order valence-electron chi connectivity index (χ0n) is 15.1. The molecule has 2 aromatic rings. The average molecular weight is 318 g/mol. The maximum absolute atomic E-state index is 12.5. The number of benzene rings is 1. The molecule has 0 radical (unpaired) electrons. The van der Waals surface area contributed by atoms with Gasteiger partial charge in [-0.1, -0.05) is 6.92 Å². The number of rotatable bonds is 3. The van der Waals surface area contributed by atoms with E-state index in [0.717, 1.165) is 34.3 Å². The van der Waals surface area contributed by atoms with Gasteiger partial charge >= 0.3 is 6.09 Å². The first kappa shape index (κ1) is 17.3. The predicted molar refractivity (Wildman–Crippen MR) is 91.2 cm³/mol. The zero-order chi connectivity index (χ0) is 17.4. The molecule has 0 fully saturated rings. The minimum atomic E-state index is -0.559. The number of carbonyl (C=O) groups is 1. The largest absolute Gasteiger partial charge is 0.491 e. The summed E-state index contributed by atoms with van der Waals surface area (Å²) in [6.07, 6.45) is 0.373. The Kier molecular flexibility index (Phi) is 4.68. The molecule has 5 heteroatoms. The van der Waals surface area contributed by atoms with Crippen molar-refractivity contribution in [3.8, 4) is 5.75 Å². The van der Waals surface area contributed by atoms with Crippen LogP contribution in [0.5, 0.6) is 5.75 Å². The minimum absolute atomic E-state index is 0.0952. The van der Waals surface area contributed by atoms with Crippen molar-refractivity contribution in [2.45, 2.75) is 66.6 Å². The smallest absolute Gasteiger partial charge is 0.435 e. The van der Waals surface area contributed by atoms with E-state index in [0.29, 0.717) is 0 Å². The van der Waals surface area contributed by atoms with Gasteiger partial charge in [0.1, 0.15) is 11.4 Å². The van der Waals surface area contributed by atoms with Crippen LogP contribution < -0.4 is 4.74 Å². The van der Waals surface area contributed by atoms with Gasteiger partial charge in [-0.05, 0) is 65.7 Å². The molecule has 0 N–H and O–H groups in total. The van der Waals surface area contributed by atoms with E-state index in [-0.39, 0.29) is 6.10 Å². The summed E-state index contributed by atoms with van der Waals surface area (Å²) in [6.45, 7) is 13.5. The van der Waals surface area contributed by atoms with Crippen molar-refractivity contribution >= 4 is 17.0 Å². The lowest BCUT2D eigenvalue weighted by Crippen LogP contribution is -2.28. The lowest BCUT2D eigenvalue weighted by atomic mass is 10.1. The average Bonchev–Trinajstić information content (AvgIpc) is 2.75. The third kappa shape index (κ3) is 3.84. The maximum Gasteiger partial charge on any atom is 0.435 e. The van der Waals surface area contributed by atoms with Crippen molar-refractivity contribution in [2.24, 2.45) is 0 Å². The molecule has 0 aliphatic heterocycles. The van der Waals surface area contributed by atoms with Gasteiger partial charge in [0.15, 0.2) is 0 Å². The molecule has 5 nitrogen and oxygen atoms in total. The molecule has 0 atom stereocenters. The number of hydrogen-bond acceptors (Lipinski definition) is 4. The molecule has 0 unspecified atom stereocenters. The predicted octanol–water partition coefficient (Wildman–Crippen LogP) is 4.48. The Hall–Kier alpha value is -2.04. The minimum Gasteiger partial charge on any atom is -0.491 e. The Labute approximate surface area is 137 Å². The summed E-state index contributed by atoms with van der Waals surface area (Å²) in [4.78, 5) is 12.5. The number of hydrogen-bond donors (Lipinski definition) is 0. The topological polar surface area (TPSA) is 53.4 Å². The van der Waals surface area contributed by atoms with Crippen molar-refractivity contribution in [3.63, 3.8) is 0 Å². The number of nitrogens with zero attached hydrogens (tertiary/aromatic N) is 2. The van der Waals surface area contributed by atoms with Crippen LogP contribution in [0.4, 0.5) is 4.79 Å². The Balaban J connectivity index is 2.58. The Morgan fingerprint density at radius 2 is 1.96 bits per heavy atom. The molecular weight excluding hydrogens is 292 g/mol. The van der Waals surface area contributed by atoms with Crippen LogP contribution in [0.3, 0.4) is 0 Å². The van der Waals surface area contributed by atoms with Gasteiger partial charge in [-0.2, -0.15) is 9.78 Å². The van der Waals surface area contributed by atoms with Crippen molar-refractivity contribution in [3.05, 3.63) is 23.4 Å². The first-order valence-electron chi connectivity index (χ1n) is 8.04. The van der Waals surface area contributed by atoms with Crippen LogP contribution in [0.2, 0.25) is 0 Å². The number of ether oxygens (including phenoxy) is 2. The zero-order valence-corrected chi connectivity index (χ0v) is 15.1. The second-order valence-electron chi connectivity index (χ2n) is 7.00. The van der Waals surface area contributed by atoms with Crippen molar-refractivity contribution < 1.29 is 14.3 Å². The number of aromatic nitrogens is 2. The molecule has 0 amide bonds. The van der Waals surface area contributed by atoms with Crippen LogP contribution in [0.1, 0.15) is 52.8 Å². The molecule has 1 aromatic carbocycles.